The highest BCUT2D eigenvalue weighted by Gasteiger charge is 2.17. The zero-order valence-electron chi connectivity index (χ0n) is 11.4. The minimum Gasteiger partial charge on any atom is -0.347 e. The van der Waals surface area contributed by atoms with E-state index < -0.39 is 0 Å². The zero-order chi connectivity index (χ0) is 14.4. The smallest absolute Gasteiger partial charge is 0.243 e. The Morgan fingerprint density at radius 2 is 1.80 bits per heavy atom. The number of rotatable bonds is 5. The molecule has 0 aliphatic rings. The van der Waals surface area contributed by atoms with Gasteiger partial charge in [-0.3, -0.25) is 9.59 Å². The number of nitrogens with two attached hydrogens (primary N) is 1. The number of carbonyl (C=O) groups is 2. The molecule has 0 aromatic heterocycles. The van der Waals surface area contributed by atoms with Crippen LogP contribution in [0, 0.1) is 5.92 Å². The van der Waals surface area contributed by atoms with Crippen LogP contribution in [0.4, 0.5) is 5.69 Å². The number of hydrogen-bond donors (Lipinski definition) is 3. The average Bonchev–Trinajstić information content (AvgIpc) is 2.37. The molecule has 2 atom stereocenters. The van der Waals surface area contributed by atoms with Gasteiger partial charge >= 0.3 is 0 Å². The fourth-order valence-corrected chi connectivity index (χ4v) is 1.57. The standard InChI is InChI=1S/C13H18BrN3O2.ClH/c1-8(9(2)15)13(19)16-7-12(18)17-11-5-3-10(14)4-6-11;/h3-6,8-9H,7,15H2,1-2H3,(H,16,19)(H,17,18);1H. The fraction of sp³-hybridized carbons (Fsp3) is 0.385. The molecule has 0 spiro atoms. The van der Waals surface area contributed by atoms with Gasteiger partial charge in [0.25, 0.3) is 0 Å². The van der Waals surface area contributed by atoms with Gasteiger partial charge in [-0.15, -0.1) is 12.4 Å². The molecule has 0 aliphatic carbocycles. The van der Waals surface area contributed by atoms with E-state index in [9.17, 15) is 9.59 Å². The van der Waals surface area contributed by atoms with Crippen molar-refractivity contribution in [3.05, 3.63) is 28.7 Å². The summed E-state index contributed by atoms with van der Waals surface area (Å²) in [6, 6.07) is 6.95. The zero-order valence-corrected chi connectivity index (χ0v) is 13.8. The molecule has 0 fully saturated rings. The number of hydrogen-bond acceptors (Lipinski definition) is 3. The van der Waals surface area contributed by atoms with Gasteiger partial charge in [0.2, 0.25) is 11.8 Å². The van der Waals surface area contributed by atoms with Crippen molar-refractivity contribution in [2.45, 2.75) is 19.9 Å². The third-order valence-electron chi connectivity index (χ3n) is 2.75. The van der Waals surface area contributed by atoms with Crippen LogP contribution < -0.4 is 16.4 Å². The molecule has 1 aromatic rings. The second kappa shape index (κ2) is 8.94. The van der Waals surface area contributed by atoms with Crippen LogP contribution in [0.3, 0.4) is 0 Å². The Morgan fingerprint density at radius 3 is 2.30 bits per heavy atom. The first kappa shape index (κ1) is 18.9. The largest absolute Gasteiger partial charge is 0.347 e. The Labute approximate surface area is 133 Å². The summed E-state index contributed by atoms with van der Waals surface area (Å²) in [6.45, 7) is 3.42. The minimum absolute atomic E-state index is 0. The number of nitrogens with one attached hydrogen (secondary N) is 2. The highest BCUT2D eigenvalue weighted by atomic mass is 79.9. The molecular formula is C13H19BrClN3O2. The van der Waals surface area contributed by atoms with E-state index in [1.807, 2.05) is 12.1 Å². The number of benzene rings is 1. The Bertz CT molecular complexity index is 451. The number of anilines is 1. The first-order valence-corrected chi connectivity index (χ1v) is 6.78. The number of halogens is 2. The molecule has 1 rings (SSSR count). The topological polar surface area (TPSA) is 84.2 Å². The Kier molecular flexibility index (Phi) is 8.45. The molecule has 0 radical (unpaired) electrons. The summed E-state index contributed by atoms with van der Waals surface area (Å²) >= 11 is 3.31. The first-order valence-electron chi connectivity index (χ1n) is 5.99. The van der Waals surface area contributed by atoms with Crippen molar-refractivity contribution in [2.75, 3.05) is 11.9 Å². The highest BCUT2D eigenvalue weighted by molar-refractivity contribution is 9.10. The molecule has 0 heterocycles. The monoisotopic (exact) mass is 363 g/mol. The molecule has 0 bridgehead atoms. The Balaban J connectivity index is 0.00000361. The second-order valence-electron chi connectivity index (χ2n) is 4.42. The van der Waals surface area contributed by atoms with E-state index in [0.29, 0.717) is 5.69 Å². The minimum atomic E-state index is -0.319. The second-order valence-corrected chi connectivity index (χ2v) is 5.34. The molecule has 2 amide bonds. The summed E-state index contributed by atoms with van der Waals surface area (Å²) in [7, 11) is 0. The first-order chi connectivity index (χ1) is 8.90. The average molecular weight is 365 g/mol. The van der Waals surface area contributed by atoms with E-state index in [1.54, 1.807) is 26.0 Å². The van der Waals surface area contributed by atoms with Crippen LogP contribution in [0.5, 0.6) is 0 Å². The predicted octanol–water partition coefficient (Wildman–Crippen LogP) is 1.91. The maximum absolute atomic E-state index is 11.6. The lowest BCUT2D eigenvalue weighted by Gasteiger charge is -2.15. The quantitative estimate of drug-likeness (QED) is 0.746. The maximum Gasteiger partial charge on any atom is 0.243 e. The van der Waals surface area contributed by atoms with Crippen molar-refractivity contribution >= 4 is 45.8 Å². The van der Waals surface area contributed by atoms with Gasteiger partial charge < -0.3 is 16.4 Å². The Hall–Kier alpha value is -1.11. The molecule has 4 N–H and O–H groups in total. The SMILES string of the molecule is CC(N)C(C)C(=O)NCC(=O)Nc1ccc(Br)cc1.Cl. The van der Waals surface area contributed by atoms with Gasteiger partial charge in [-0.1, -0.05) is 22.9 Å². The number of amides is 2. The van der Waals surface area contributed by atoms with Crippen molar-refractivity contribution in [2.24, 2.45) is 11.7 Å². The molecule has 5 nitrogen and oxygen atoms in total. The molecular weight excluding hydrogens is 346 g/mol. The van der Waals surface area contributed by atoms with E-state index in [2.05, 4.69) is 26.6 Å². The van der Waals surface area contributed by atoms with Gasteiger partial charge in [0, 0.05) is 22.1 Å². The van der Waals surface area contributed by atoms with Gasteiger partial charge in [-0.25, -0.2) is 0 Å². The summed E-state index contributed by atoms with van der Waals surface area (Å²) in [4.78, 5) is 23.2. The van der Waals surface area contributed by atoms with Crippen molar-refractivity contribution in [1.29, 1.82) is 0 Å². The van der Waals surface area contributed by atoms with Gasteiger partial charge in [-0.05, 0) is 31.2 Å². The lowest BCUT2D eigenvalue weighted by Crippen LogP contribution is -2.41. The van der Waals surface area contributed by atoms with E-state index in [-0.39, 0.29) is 42.7 Å². The van der Waals surface area contributed by atoms with Crippen LogP contribution in [0.25, 0.3) is 0 Å². The van der Waals surface area contributed by atoms with Gasteiger partial charge in [0.1, 0.15) is 0 Å². The molecule has 0 saturated heterocycles. The molecule has 112 valence electrons. The van der Waals surface area contributed by atoms with Crippen molar-refractivity contribution in [3.8, 4) is 0 Å². The van der Waals surface area contributed by atoms with Crippen LogP contribution in [0.15, 0.2) is 28.7 Å². The summed E-state index contributed by atoms with van der Waals surface area (Å²) in [5, 5.41) is 5.24. The maximum atomic E-state index is 11.6. The van der Waals surface area contributed by atoms with Crippen molar-refractivity contribution in [1.82, 2.24) is 5.32 Å². The molecule has 0 saturated carbocycles. The Morgan fingerprint density at radius 1 is 1.25 bits per heavy atom. The van der Waals surface area contributed by atoms with E-state index >= 15 is 0 Å². The van der Waals surface area contributed by atoms with E-state index in [4.69, 9.17) is 5.73 Å². The molecule has 2 unspecified atom stereocenters. The third kappa shape index (κ3) is 6.36. The molecule has 1 aromatic carbocycles. The van der Waals surface area contributed by atoms with Gasteiger partial charge in [0.05, 0.1) is 6.54 Å². The summed E-state index contributed by atoms with van der Waals surface area (Å²) < 4.78 is 0.935. The van der Waals surface area contributed by atoms with Crippen LogP contribution in [-0.2, 0) is 9.59 Å². The molecule has 7 heteroatoms. The summed E-state index contributed by atoms with van der Waals surface area (Å²) in [6.07, 6.45) is 0. The van der Waals surface area contributed by atoms with Crippen LogP contribution in [0.2, 0.25) is 0 Å². The van der Waals surface area contributed by atoms with Gasteiger partial charge in [0.15, 0.2) is 0 Å². The highest BCUT2D eigenvalue weighted by Crippen LogP contribution is 2.13. The van der Waals surface area contributed by atoms with Gasteiger partial charge in [-0.2, -0.15) is 0 Å². The predicted molar refractivity (Wildman–Crippen MR) is 85.8 cm³/mol. The summed E-state index contributed by atoms with van der Waals surface area (Å²) in [5.74, 6) is -0.811. The fourth-order valence-electron chi connectivity index (χ4n) is 1.31. The third-order valence-corrected chi connectivity index (χ3v) is 3.28. The van der Waals surface area contributed by atoms with E-state index in [1.165, 1.54) is 0 Å². The van der Waals surface area contributed by atoms with Crippen LogP contribution >= 0.6 is 28.3 Å². The van der Waals surface area contributed by atoms with Crippen molar-refractivity contribution < 1.29 is 9.59 Å². The van der Waals surface area contributed by atoms with Crippen molar-refractivity contribution in [3.63, 3.8) is 0 Å². The molecule has 20 heavy (non-hydrogen) atoms. The number of carbonyl (C=O) groups excluding carboxylic acids is 2. The summed E-state index contributed by atoms with van der Waals surface area (Å²) in [5.41, 5.74) is 6.30. The molecule has 0 aliphatic heterocycles. The normalized spacial score (nSPS) is 12.8. The van der Waals surface area contributed by atoms with E-state index in [0.717, 1.165) is 4.47 Å². The lowest BCUT2D eigenvalue weighted by atomic mass is 10.0. The van der Waals surface area contributed by atoms with Crippen LogP contribution in [-0.4, -0.2) is 24.4 Å². The lowest BCUT2D eigenvalue weighted by molar-refractivity contribution is -0.127. The van der Waals surface area contributed by atoms with Crippen LogP contribution in [0.1, 0.15) is 13.8 Å².